The van der Waals surface area contributed by atoms with Crippen molar-refractivity contribution in [2.45, 2.75) is 71.3 Å². The van der Waals surface area contributed by atoms with Crippen molar-refractivity contribution in [2.75, 3.05) is 0 Å². The van der Waals surface area contributed by atoms with Crippen LogP contribution in [0.1, 0.15) is 65.2 Å². The van der Waals surface area contributed by atoms with Crippen molar-refractivity contribution in [1.29, 1.82) is 0 Å². The molecule has 2 aliphatic rings. The second-order valence-electron chi connectivity index (χ2n) is 6.23. The van der Waals surface area contributed by atoms with Gasteiger partial charge in [-0.3, -0.25) is 4.79 Å². The second kappa shape index (κ2) is 5.88. The zero-order valence-corrected chi connectivity index (χ0v) is 11.3. The van der Waals surface area contributed by atoms with Crippen LogP contribution in [0.4, 0.5) is 0 Å². The Labute approximate surface area is 105 Å². The van der Waals surface area contributed by atoms with Gasteiger partial charge in [-0.1, -0.05) is 46.0 Å². The number of ether oxygens (including phenoxy) is 1. The fraction of sp³-hybridized carbons (Fsp3) is 0.933. The summed E-state index contributed by atoms with van der Waals surface area (Å²) in [5.41, 5.74) is 0. The van der Waals surface area contributed by atoms with Gasteiger partial charge in [-0.25, -0.2) is 0 Å². The first-order valence-electron chi connectivity index (χ1n) is 7.37. The van der Waals surface area contributed by atoms with Crippen molar-refractivity contribution in [3.63, 3.8) is 0 Å². The number of cyclic esters (lactones) is 1. The Hall–Kier alpha value is -0.530. The molecule has 0 aromatic carbocycles. The van der Waals surface area contributed by atoms with E-state index in [9.17, 15) is 4.79 Å². The maximum absolute atomic E-state index is 11.7. The van der Waals surface area contributed by atoms with Crippen molar-refractivity contribution < 1.29 is 9.53 Å². The zero-order valence-electron chi connectivity index (χ0n) is 11.3. The first kappa shape index (κ1) is 12.9. The molecule has 98 valence electrons. The number of hydrogen-bond donors (Lipinski definition) is 0. The molecule has 2 rings (SSSR count). The highest BCUT2D eigenvalue weighted by atomic mass is 16.5. The van der Waals surface area contributed by atoms with Crippen LogP contribution in [0.3, 0.4) is 0 Å². The maximum Gasteiger partial charge on any atom is 0.309 e. The summed E-state index contributed by atoms with van der Waals surface area (Å²) < 4.78 is 5.49. The first-order chi connectivity index (χ1) is 8.16. The van der Waals surface area contributed by atoms with Crippen molar-refractivity contribution in [2.24, 2.45) is 17.8 Å². The minimum absolute atomic E-state index is 0.0497. The highest BCUT2D eigenvalue weighted by Crippen LogP contribution is 2.33. The van der Waals surface area contributed by atoms with Crippen molar-refractivity contribution in [3.8, 4) is 0 Å². The summed E-state index contributed by atoms with van der Waals surface area (Å²) in [6.45, 7) is 4.24. The molecule has 2 nitrogen and oxygen atoms in total. The number of rotatable bonds is 4. The normalized spacial score (nSPS) is 30.9. The third-order valence-corrected chi connectivity index (χ3v) is 4.53. The summed E-state index contributed by atoms with van der Waals surface area (Å²) in [7, 11) is 0. The highest BCUT2D eigenvalue weighted by Gasteiger charge is 2.36. The summed E-state index contributed by atoms with van der Waals surface area (Å²) in [6.07, 6.45) is 10.6. The summed E-state index contributed by atoms with van der Waals surface area (Å²) in [5, 5.41) is 0. The molecule has 17 heavy (non-hydrogen) atoms. The molecule has 0 spiro atoms. The molecule has 2 fully saturated rings. The van der Waals surface area contributed by atoms with Crippen LogP contribution in [0.5, 0.6) is 0 Å². The molecule has 1 saturated heterocycles. The Morgan fingerprint density at radius 2 is 1.88 bits per heavy atom. The number of hydrogen-bond acceptors (Lipinski definition) is 2. The van der Waals surface area contributed by atoms with Gasteiger partial charge in [0.05, 0.1) is 5.92 Å². The molecule has 2 heteroatoms. The van der Waals surface area contributed by atoms with Crippen molar-refractivity contribution in [3.05, 3.63) is 0 Å². The lowest BCUT2D eigenvalue weighted by molar-refractivity contribution is -0.145. The van der Waals surface area contributed by atoms with Crippen LogP contribution in [0.2, 0.25) is 0 Å². The van der Waals surface area contributed by atoms with Gasteiger partial charge in [0.2, 0.25) is 0 Å². The lowest BCUT2D eigenvalue weighted by Gasteiger charge is -2.22. The van der Waals surface area contributed by atoms with Crippen molar-refractivity contribution in [1.82, 2.24) is 0 Å². The van der Waals surface area contributed by atoms with Crippen LogP contribution in [-0.2, 0) is 9.53 Å². The largest absolute Gasteiger partial charge is 0.462 e. The fourth-order valence-corrected chi connectivity index (χ4v) is 3.30. The molecule has 0 radical (unpaired) electrons. The molecule has 0 bridgehead atoms. The van der Waals surface area contributed by atoms with E-state index in [1.807, 2.05) is 0 Å². The molecule has 2 unspecified atom stereocenters. The Balaban J connectivity index is 1.71. The van der Waals surface area contributed by atoms with Crippen LogP contribution in [-0.4, -0.2) is 12.1 Å². The maximum atomic E-state index is 11.7. The van der Waals surface area contributed by atoms with E-state index in [-0.39, 0.29) is 18.0 Å². The van der Waals surface area contributed by atoms with Crippen LogP contribution in [0.25, 0.3) is 0 Å². The molecular formula is C15H26O2. The van der Waals surface area contributed by atoms with Gasteiger partial charge >= 0.3 is 5.97 Å². The molecule has 0 N–H and O–H groups in total. The summed E-state index contributed by atoms with van der Waals surface area (Å²) in [6, 6.07) is 0. The number of carbonyl (C=O) groups excluding carboxylic acids is 1. The van der Waals surface area contributed by atoms with Gasteiger partial charge < -0.3 is 4.74 Å². The van der Waals surface area contributed by atoms with Gasteiger partial charge in [-0.05, 0) is 31.1 Å². The van der Waals surface area contributed by atoms with Gasteiger partial charge in [-0.2, -0.15) is 0 Å². The van der Waals surface area contributed by atoms with E-state index in [2.05, 4.69) is 13.8 Å². The van der Waals surface area contributed by atoms with Gasteiger partial charge in [0.25, 0.3) is 0 Å². The molecule has 2 atom stereocenters. The molecule has 1 aliphatic heterocycles. The molecule has 1 heterocycles. The van der Waals surface area contributed by atoms with Gasteiger partial charge in [0.1, 0.15) is 6.10 Å². The van der Waals surface area contributed by atoms with E-state index in [1.165, 1.54) is 38.5 Å². The molecule has 0 amide bonds. The Kier molecular flexibility index (Phi) is 4.47. The van der Waals surface area contributed by atoms with E-state index in [1.54, 1.807) is 0 Å². The average Bonchev–Trinajstić information content (AvgIpc) is 2.69. The first-order valence-corrected chi connectivity index (χ1v) is 7.37. The van der Waals surface area contributed by atoms with E-state index in [4.69, 9.17) is 4.74 Å². The predicted octanol–water partition coefficient (Wildman–Crippen LogP) is 3.93. The van der Waals surface area contributed by atoms with Crippen LogP contribution >= 0.6 is 0 Å². The Bertz CT molecular complexity index is 254. The average molecular weight is 238 g/mol. The lowest BCUT2D eigenvalue weighted by Crippen LogP contribution is -2.13. The fourth-order valence-electron chi connectivity index (χ4n) is 3.30. The van der Waals surface area contributed by atoms with Gasteiger partial charge in [0, 0.05) is 0 Å². The third kappa shape index (κ3) is 3.46. The van der Waals surface area contributed by atoms with Gasteiger partial charge in [-0.15, -0.1) is 0 Å². The SMILES string of the molecule is CC(C)C1CC(CCC2CCCCC2)OC1=O. The van der Waals surface area contributed by atoms with E-state index >= 15 is 0 Å². The van der Waals surface area contributed by atoms with E-state index in [0.717, 1.165) is 18.8 Å². The molecule has 0 aromatic rings. The third-order valence-electron chi connectivity index (χ3n) is 4.53. The predicted molar refractivity (Wildman–Crippen MR) is 68.6 cm³/mol. The summed E-state index contributed by atoms with van der Waals surface area (Å²) in [5.74, 6) is 1.54. The van der Waals surface area contributed by atoms with Crippen molar-refractivity contribution >= 4 is 5.97 Å². The molecule has 0 aromatic heterocycles. The van der Waals surface area contributed by atoms with E-state index < -0.39 is 0 Å². The monoisotopic (exact) mass is 238 g/mol. The zero-order chi connectivity index (χ0) is 12.3. The lowest BCUT2D eigenvalue weighted by atomic mass is 9.84. The minimum atomic E-state index is 0.0497. The molecule has 1 saturated carbocycles. The van der Waals surface area contributed by atoms with Crippen LogP contribution in [0, 0.1) is 17.8 Å². The van der Waals surface area contributed by atoms with Crippen LogP contribution in [0.15, 0.2) is 0 Å². The molecular weight excluding hydrogens is 212 g/mol. The Morgan fingerprint density at radius 3 is 2.47 bits per heavy atom. The number of carbonyl (C=O) groups is 1. The minimum Gasteiger partial charge on any atom is -0.462 e. The topological polar surface area (TPSA) is 26.3 Å². The van der Waals surface area contributed by atoms with E-state index in [0.29, 0.717) is 5.92 Å². The highest BCUT2D eigenvalue weighted by molar-refractivity contribution is 5.74. The molecule has 1 aliphatic carbocycles. The van der Waals surface area contributed by atoms with Gasteiger partial charge in [0.15, 0.2) is 0 Å². The smallest absolute Gasteiger partial charge is 0.309 e. The quantitative estimate of drug-likeness (QED) is 0.694. The second-order valence-corrected chi connectivity index (χ2v) is 6.23. The standard InChI is InChI=1S/C15H26O2/c1-11(2)14-10-13(17-15(14)16)9-8-12-6-4-3-5-7-12/h11-14H,3-10H2,1-2H3. The van der Waals surface area contributed by atoms with Crippen LogP contribution < -0.4 is 0 Å². The number of esters is 1. The Morgan fingerprint density at radius 1 is 1.18 bits per heavy atom. The summed E-state index contributed by atoms with van der Waals surface area (Å²) >= 11 is 0. The summed E-state index contributed by atoms with van der Waals surface area (Å²) in [4.78, 5) is 11.7.